The molecule has 0 atom stereocenters. The number of thiol groups is 1. The Morgan fingerprint density at radius 2 is 1.08 bits per heavy atom. The van der Waals surface area contributed by atoms with E-state index in [1.165, 1.54) is 12.1 Å². The minimum atomic E-state index is -5.19. The number of benzene rings is 3. The van der Waals surface area contributed by atoms with Gasteiger partial charge in [0, 0.05) is 22.1 Å². The maximum absolute atomic E-state index is 14.9. The van der Waals surface area contributed by atoms with Gasteiger partial charge in [-0.1, -0.05) is 91.0 Å². The number of nitrogens with zero attached hydrogens (tertiary/aromatic N) is 4. The van der Waals surface area contributed by atoms with E-state index in [1.807, 2.05) is 36.4 Å². The molecule has 0 spiro atoms. The molecule has 6 aromatic rings. The molecule has 250 valence electrons. The van der Waals surface area contributed by atoms with Crippen LogP contribution in [0.15, 0.2) is 132 Å². The summed E-state index contributed by atoms with van der Waals surface area (Å²) in [6, 6.07) is 35.3. The molecule has 0 aliphatic rings. The lowest BCUT2D eigenvalue weighted by molar-refractivity contribution is -0.145. The largest absolute Gasteiger partial charge is 0.435 e. The van der Waals surface area contributed by atoms with Crippen LogP contribution in [0.5, 0.6) is 0 Å². The molecule has 0 unspecified atom stereocenters. The zero-order chi connectivity index (χ0) is 34.6. The second kappa shape index (κ2) is 13.9. The Kier molecular flexibility index (Phi) is 9.65. The van der Waals surface area contributed by atoms with Gasteiger partial charge in [0.1, 0.15) is 11.2 Å². The molecule has 3 heterocycles. The first-order chi connectivity index (χ1) is 23.5. The highest BCUT2D eigenvalue weighted by atomic mass is 32.1. The minimum absolute atomic E-state index is 0.0635. The number of rotatable bonds is 10. The first-order valence-corrected chi connectivity index (χ1v) is 16.0. The number of hydrogen-bond donors (Lipinski definition) is 1. The normalized spacial score (nSPS) is 12.3. The Balaban J connectivity index is 1.61. The smallest absolute Gasteiger partial charge is 0.250 e. The van der Waals surface area contributed by atoms with Crippen LogP contribution in [0.4, 0.5) is 26.3 Å². The van der Waals surface area contributed by atoms with Crippen molar-refractivity contribution in [3.8, 4) is 22.5 Å². The predicted octanol–water partition coefficient (Wildman–Crippen LogP) is 10.5. The van der Waals surface area contributed by atoms with Crippen molar-refractivity contribution in [3.05, 3.63) is 156 Å². The fourth-order valence-corrected chi connectivity index (χ4v) is 6.28. The SMILES string of the molecule is FC(F)(F)c1cc(C(F)(F)F)n(C(CCCCc2ccccc2S)(c2cccc(-c3ccccc3)n2)c2cccc(-c3ccccc3)n2)n1. The Morgan fingerprint density at radius 3 is 1.59 bits per heavy atom. The summed E-state index contributed by atoms with van der Waals surface area (Å²) in [5.41, 5.74) is -1.91. The number of hydrogen-bond acceptors (Lipinski definition) is 4. The monoisotopic (exact) mass is 688 g/mol. The third-order valence-corrected chi connectivity index (χ3v) is 8.80. The van der Waals surface area contributed by atoms with Crippen molar-refractivity contribution in [1.29, 1.82) is 0 Å². The molecule has 0 amide bonds. The second-order valence-electron chi connectivity index (χ2n) is 11.6. The van der Waals surface area contributed by atoms with Crippen molar-refractivity contribution in [2.24, 2.45) is 0 Å². The fraction of sp³-hybridized carbons (Fsp3) is 0.184. The molecule has 0 aliphatic heterocycles. The van der Waals surface area contributed by atoms with Crippen molar-refractivity contribution in [1.82, 2.24) is 19.7 Å². The predicted molar refractivity (Wildman–Crippen MR) is 179 cm³/mol. The molecule has 0 fully saturated rings. The maximum atomic E-state index is 14.9. The van der Waals surface area contributed by atoms with Crippen molar-refractivity contribution < 1.29 is 26.3 Å². The van der Waals surface area contributed by atoms with Crippen LogP contribution in [0, 0.1) is 0 Å². The van der Waals surface area contributed by atoms with Gasteiger partial charge in [0.15, 0.2) is 5.69 Å². The molecule has 4 nitrogen and oxygen atoms in total. The van der Waals surface area contributed by atoms with E-state index in [9.17, 15) is 26.3 Å². The fourth-order valence-electron chi connectivity index (χ4n) is 6.01. The van der Waals surface area contributed by atoms with E-state index in [0.29, 0.717) is 40.0 Å². The molecule has 0 saturated heterocycles. The highest BCUT2D eigenvalue weighted by Gasteiger charge is 2.50. The topological polar surface area (TPSA) is 43.6 Å². The van der Waals surface area contributed by atoms with Gasteiger partial charge in [-0.05, 0) is 61.6 Å². The number of pyridine rings is 2. The number of halogens is 6. The second-order valence-corrected chi connectivity index (χ2v) is 12.0. The lowest BCUT2D eigenvalue weighted by atomic mass is 9.83. The number of aromatic nitrogens is 4. The van der Waals surface area contributed by atoms with Gasteiger partial charge in [0.05, 0.1) is 22.8 Å². The van der Waals surface area contributed by atoms with Crippen LogP contribution in [-0.2, 0) is 24.3 Å². The molecular weight excluding hydrogens is 659 g/mol. The van der Waals surface area contributed by atoms with Gasteiger partial charge in [-0.25, -0.2) is 14.6 Å². The molecule has 11 heteroatoms. The van der Waals surface area contributed by atoms with E-state index in [4.69, 9.17) is 9.97 Å². The summed E-state index contributed by atoms with van der Waals surface area (Å²) >= 11 is 4.53. The molecule has 3 aromatic carbocycles. The van der Waals surface area contributed by atoms with Crippen LogP contribution < -0.4 is 0 Å². The van der Waals surface area contributed by atoms with Gasteiger partial charge in [0.2, 0.25) is 0 Å². The summed E-state index contributed by atoms with van der Waals surface area (Å²) in [6.07, 6.45) is -9.11. The van der Waals surface area contributed by atoms with Crippen LogP contribution in [0.2, 0.25) is 0 Å². The Bertz CT molecular complexity index is 1940. The summed E-state index contributed by atoms with van der Waals surface area (Å²) in [4.78, 5) is 10.5. The van der Waals surface area contributed by atoms with Crippen LogP contribution >= 0.6 is 12.6 Å². The van der Waals surface area contributed by atoms with Crippen molar-refractivity contribution >= 4 is 12.6 Å². The Morgan fingerprint density at radius 1 is 0.551 bits per heavy atom. The molecule has 6 rings (SSSR count). The van der Waals surface area contributed by atoms with Gasteiger partial charge in [-0.3, -0.25) is 0 Å². The van der Waals surface area contributed by atoms with E-state index in [1.54, 1.807) is 72.8 Å². The van der Waals surface area contributed by atoms with Crippen LogP contribution in [0.25, 0.3) is 22.5 Å². The number of aryl methyl sites for hydroxylation is 1. The Labute approximate surface area is 284 Å². The van der Waals surface area contributed by atoms with Crippen molar-refractivity contribution in [2.45, 2.75) is 48.5 Å². The zero-order valence-corrected chi connectivity index (χ0v) is 26.9. The molecule has 0 radical (unpaired) electrons. The summed E-state index contributed by atoms with van der Waals surface area (Å²) in [5.74, 6) is 0. The zero-order valence-electron chi connectivity index (χ0n) is 26.0. The number of alkyl halides is 6. The number of unbranched alkanes of at least 4 members (excludes halogenated alkanes) is 1. The van der Waals surface area contributed by atoms with Crippen LogP contribution in [-0.4, -0.2) is 19.7 Å². The highest BCUT2D eigenvalue weighted by Crippen LogP contribution is 2.44. The van der Waals surface area contributed by atoms with Gasteiger partial charge in [0.25, 0.3) is 0 Å². The summed E-state index contributed by atoms with van der Waals surface area (Å²) in [5, 5.41) is 3.71. The van der Waals surface area contributed by atoms with Crippen molar-refractivity contribution in [3.63, 3.8) is 0 Å². The van der Waals surface area contributed by atoms with E-state index in [-0.39, 0.29) is 30.3 Å². The molecule has 0 saturated carbocycles. The van der Waals surface area contributed by atoms with E-state index in [0.717, 1.165) is 10.5 Å². The van der Waals surface area contributed by atoms with Gasteiger partial charge in [-0.15, -0.1) is 12.6 Å². The minimum Gasteiger partial charge on any atom is -0.250 e. The van der Waals surface area contributed by atoms with E-state index in [2.05, 4.69) is 17.7 Å². The van der Waals surface area contributed by atoms with Gasteiger partial charge < -0.3 is 0 Å². The average molecular weight is 689 g/mol. The molecule has 3 aromatic heterocycles. The standard InChI is InChI=1S/C38H30F6N4S/c39-37(40,41)34-25-35(38(42,43)44)48(47-34)36(24-10-9-18-28-17-7-8-21-31(28)49,32-22-11-19-29(45-32)26-13-3-1-4-14-26)33-23-12-20-30(46-33)27-15-5-2-6-16-27/h1-8,11-17,19-23,25,49H,9-10,18,24H2. The lowest BCUT2D eigenvalue weighted by Crippen LogP contribution is -2.42. The lowest BCUT2D eigenvalue weighted by Gasteiger charge is -2.36. The van der Waals surface area contributed by atoms with Crippen molar-refractivity contribution in [2.75, 3.05) is 0 Å². The maximum Gasteiger partial charge on any atom is 0.435 e. The van der Waals surface area contributed by atoms with E-state index >= 15 is 0 Å². The molecule has 0 aliphatic carbocycles. The molecule has 49 heavy (non-hydrogen) atoms. The average Bonchev–Trinajstić information content (AvgIpc) is 3.58. The molecule has 0 bridgehead atoms. The first-order valence-electron chi connectivity index (χ1n) is 15.5. The van der Waals surface area contributed by atoms with Crippen LogP contribution in [0.1, 0.15) is 47.6 Å². The first kappa shape index (κ1) is 34.0. The molecular formula is C38H30F6N4S. The summed E-state index contributed by atoms with van der Waals surface area (Å²) in [6.45, 7) is 0. The third-order valence-electron chi connectivity index (χ3n) is 8.36. The summed E-state index contributed by atoms with van der Waals surface area (Å²) < 4.78 is 87.6. The Hall–Kier alpha value is -4.90. The van der Waals surface area contributed by atoms with Gasteiger partial charge >= 0.3 is 12.4 Å². The quantitative estimate of drug-likeness (QED) is 0.0885. The van der Waals surface area contributed by atoms with E-state index < -0.39 is 29.3 Å². The third kappa shape index (κ3) is 7.27. The molecule has 0 N–H and O–H groups in total. The van der Waals surface area contributed by atoms with Crippen LogP contribution in [0.3, 0.4) is 0 Å². The summed E-state index contributed by atoms with van der Waals surface area (Å²) in [7, 11) is 0. The highest BCUT2D eigenvalue weighted by molar-refractivity contribution is 7.80. The van der Waals surface area contributed by atoms with Gasteiger partial charge in [-0.2, -0.15) is 31.4 Å².